The van der Waals surface area contributed by atoms with Gasteiger partial charge in [0.2, 0.25) is 5.88 Å². The Balaban J connectivity index is 0.000000101. The normalized spacial score (nSPS) is 14.2. The molecular weight excluding hydrogens is 1550 g/mol. The van der Waals surface area contributed by atoms with E-state index in [1.54, 1.807) is 36.3 Å². The van der Waals surface area contributed by atoms with Crippen molar-refractivity contribution >= 4 is 89.1 Å². The summed E-state index contributed by atoms with van der Waals surface area (Å²) >= 11 is 0. The van der Waals surface area contributed by atoms with Gasteiger partial charge in [0.15, 0.2) is 23.3 Å². The average molecular weight is 1630 g/mol. The van der Waals surface area contributed by atoms with Crippen LogP contribution in [0.5, 0.6) is 5.88 Å². The molecule has 0 radical (unpaired) electrons. The molecule has 4 saturated carbocycles. The van der Waals surface area contributed by atoms with Gasteiger partial charge in [0, 0.05) is 122 Å². The van der Waals surface area contributed by atoms with E-state index in [1.165, 1.54) is 51.3 Å². The zero-order chi connectivity index (χ0) is 83.6. The first-order valence-corrected chi connectivity index (χ1v) is 42.0. The van der Waals surface area contributed by atoms with E-state index in [0.717, 1.165) is 189 Å². The molecule has 0 saturated heterocycles. The lowest BCUT2D eigenvalue weighted by Gasteiger charge is -2.23. The molecule has 0 spiro atoms. The molecule has 124 heavy (non-hydrogen) atoms. The first-order valence-electron chi connectivity index (χ1n) is 42.0. The fourth-order valence-corrected chi connectivity index (χ4v) is 17.1. The number of nitrogens with two attached hydrogens (primary N) is 4. The van der Waals surface area contributed by atoms with Gasteiger partial charge in [-0.05, 0) is 101 Å². The fraction of sp³-hybridized carbons (Fsp3) is 0.184. The zero-order valence-electron chi connectivity index (χ0n) is 68.0. The van der Waals surface area contributed by atoms with Gasteiger partial charge in [-0.25, -0.2) is 73.7 Å². The summed E-state index contributed by atoms with van der Waals surface area (Å²) in [6.07, 6.45) is 28.3. The van der Waals surface area contributed by atoms with Crippen molar-refractivity contribution in [2.75, 3.05) is 30.0 Å². The molecule has 12 aromatic heterocycles. The number of aromatic nitrogens is 20. The van der Waals surface area contributed by atoms with Crippen molar-refractivity contribution in [3.8, 4) is 96.2 Å². The lowest BCUT2D eigenvalue weighted by atomic mass is 9.85. The number of rotatable bonds is 13. The molecule has 25 nitrogen and oxygen atoms in total. The summed E-state index contributed by atoms with van der Waals surface area (Å²) in [6.45, 7) is 2.03. The molecule has 20 aromatic rings. The molecule has 12 heterocycles. The third-order valence-corrected chi connectivity index (χ3v) is 24.6. The minimum atomic E-state index is -0.418. The van der Waals surface area contributed by atoms with Crippen molar-refractivity contribution in [2.45, 2.75) is 108 Å². The number of hydrogen-bond donors (Lipinski definition) is 4. The highest BCUT2D eigenvalue weighted by atomic mass is 19.1. The van der Waals surface area contributed by atoms with Crippen molar-refractivity contribution in [1.29, 1.82) is 0 Å². The Labute approximate surface area is 710 Å². The number of imidazole rings is 4. The molecule has 608 valence electrons. The zero-order valence-corrected chi connectivity index (χ0v) is 68.0. The lowest BCUT2D eigenvalue weighted by Crippen LogP contribution is -2.14. The van der Waals surface area contributed by atoms with Crippen LogP contribution < -0.4 is 27.7 Å². The quantitative estimate of drug-likeness (QED) is 0.0833. The Morgan fingerprint density at radius 3 is 1.30 bits per heavy atom. The summed E-state index contributed by atoms with van der Waals surface area (Å²) in [5.41, 5.74) is 44.6. The Morgan fingerprint density at radius 1 is 0.363 bits per heavy atom. The standard InChI is InChI=1S/C25H22N6O.C25H22N6.C24H19FN6.C24H20N6/c1-32-25-18-11-10-17(14-19(18)28-23(30-25)15-6-3-2-4-7-15)20-21-22(26)27-12-13-31(21)24(29-20)16-8-5-9-16;1-15-19-11-10-18(14-20(19)29-24(28-15)16-6-3-2-4-7-16)21-22-23(26)27-12-13-31(22)25(30-21)17-8-5-9-17;25-19-17(11-9-15-10-12-18(29-20(15)19)14-5-2-1-3-6-14)21-22-23(26)27-13-28-31(22)24(30-21)16-7-4-8-16;25-23-22-21(29-24(16-7-4-8-16)30(22)12-11-26-23)17-9-10-18-19(13-17)28-20(14-27-18)15-5-2-1-3-6-15/h2-4,6-7,10-14,16H,5,8-9H2,1H3,(H2,26,27);2-4,6-7,10-14,17H,5,8-9H2,1H3,(H2,26,27);1-3,5-6,9-13,16H,4,7-8H2,(H2,26,27,28);1-3,5-6,9-14,16H,4,7-8H2,(H2,25,26). The van der Waals surface area contributed by atoms with Crippen LogP contribution >= 0.6 is 0 Å². The topological polar surface area (TPSA) is 337 Å². The van der Waals surface area contributed by atoms with Crippen LogP contribution in [0.4, 0.5) is 27.7 Å². The maximum absolute atomic E-state index is 15.8. The Morgan fingerprint density at radius 2 is 0.798 bits per heavy atom. The number of nitrogens with zero attached hydrogens (tertiary/aromatic N) is 20. The van der Waals surface area contributed by atoms with Crippen LogP contribution in [0, 0.1) is 12.7 Å². The second-order valence-electron chi connectivity index (χ2n) is 32.1. The highest BCUT2D eigenvalue weighted by Gasteiger charge is 2.33. The van der Waals surface area contributed by atoms with E-state index in [9.17, 15) is 0 Å². The highest BCUT2D eigenvalue weighted by molar-refractivity contribution is 5.97. The number of ether oxygens (including phenoxy) is 1. The third kappa shape index (κ3) is 13.9. The first-order chi connectivity index (χ1) is 60.9. The van der Waals surface area contributed by atoms with E-state index in [-0.39, 0.29) is 5.82 Å². The molecule has 0 unspecified atom stereocenters. The summed E-state index contributed by atoms with van der Waals surface area (Å²) in [4.78, 5) is 70.2. The van der Waals surface area contributed by atoms with Crippen molar-refractivity contribution in [1.82, 2.24) is 97.6 Å². The van der Waals surface area contributed by atoms with Crippen LogP contribution in [0.2, 0.25) is 0 Å². The number of halogens is 1. The molecule has 0 atom stereocenters. The SMILES string of the molecule is COc1nc(-c2ccccc2)nc2cc(-c3nc(C4CCC4)n4ccnc(N)c34)ccc12.Cc1nc(-c2ccccc2)nc2cc(-c3nc(C4CCC4)n4ccnc(N)c34)ccc12.Nc1nccn2c(C3CCC3)nc(-c3ccc4ncc(-c5ccccc5)nc4c3)c12.Nc1ncnn2c(C3CCC3)nc(-c3ccc4ccc(-c5ccccc5)nc4c3F)c12. The number of hydrogen-bond acceptors (Lipinski definition) is 21. The first kappa shape index (κ1) is 76.0. The predicted molar refractivity (Wildman–Crippen MR) is 483 cm³/mol. The number of benzene rings is 8. The van der Waals surface area contributed by atoms with Crippen LogP contribution in [0.15, 0.2) is 250 Å². The molecule has 24 rings (SSSR count). The molecular formula is C98H83FN24O. The second-order valence-corrected chi connectivity index (χ2v) is 32.1. The van der Waals surface area contributed by atoms with Gasteiger partial charge in [0.05, 0.1) is 52.1 Å². The smallest absolute Gasteiger partial charge is 0.224 e. The molecule has 4 fully saturated rings. The maximum Gasteiger partial charge on any atom is 0.224 e. The van der Waals surface area contributed by atoms with Crippen molar-refractivity contribution in [3.05, 3.63) is 285 Å². The summed E-state index contributed by atoms with van der Waals surface area (Å²) in [6, 6.07) is 65.6. The molecule has 8 N–H and O–H groups in total. The van der Waals surface area contributed by atoms with Gasteiger partial charge in [-0.3, -0.25) is 18.2 Å². The monoisotopic (exact) mass is 1630 g/mol. The number of pyridine rings is 1. The summed E-state index contributed by atoms with van der Waals surface area (Å²) < 4.78 is 29.5. The second kappa shape index (κ2) is 31.9. The van der Waals surface area contributed by atoms with E-state index in [1.807, 2.05) is 208 Å². The molecule has 0 bridgehead atoms. The van der Waals surface area contributed by atoms with Crippen molar-refractivity contribution < 1.29 is 9.13 Å². The van der Waals surface area contributed by atoms with Gasteiger partial charge in [0.25, 0.3) is 0 Å². The van der Waals surface area contributed by atoms with Crippen LogP contribution in [0.1, 0.15) is 130 Å². The van der Waals surface area contributed by atoms with Gasteiger partial charge in [-0.2, -0.15) is 10.1 Å². The minimum absolute atomic E-state index is 0.286. The Bertz CT molecular complexity index is 7490. The van der Waals surface area contributed by atoms with E-state index >= 15 is 4.39 Å². The van der Waals surface area contributed by atoms with Crippen LogP contribution in [0.25, 0.3) is 156 Å². The Kier molecular flexibility index (Phi) is 19.6. The van der Waals surface area contributed by atoms with E-state index in [2.05, 4.69) is 71.4 Å². The minimum Gasteiger partial charge on any atom is -0.480 e. The van der Waals surface area contributed by atoms with Gasteiger partial charge in [-0.1, -0.05) is 183 Å². The van der Waals surface area contributed by atoms with E-state index in [0.29, 0.717) is 75.1 Å². The Hall–Kier alpha value is -15.5. The van der Waals surface area contributed by atoms with Gasteiger partial charge >= 0.3 is 0 Å². The van der Waals surface area contributed by atoms with Crippen LogP contribution in [0.3, 0.4) is 0 Å². The number of aryl methyl sites for hydroxylation is 1. The van der Waals surface area contributed by atoms with Crippen LogP contribution in [-0.4, -0.2) is 105 Å². The number of anilines is 4. The number of nitrogen functional groups attached to an aromatic ring is 4. The summed E-state index contributed by atoms with van der Waals surface area (Å²) in [5.74, 6) is 9.00. The molecule has 0 aliphatic heterocycles. The largest absolute Gasteiger partial charge is 0.480 e. The molecule has 8 aromatic carbocycles. The molecule has 4 aliphatic rings. The predicted octanol–water partition coefficient (Wildman–Crippen LogP) is 19.9. The third-order valence-electron chi connectivity index (χ3n) is 24.6. The molecule has 0 amide bonds. The number of fused-ring (bicyclic) bond motifs is 8. The van der Waals surface area contributed by atoms with Crippen LogP contribution in [-0.2, 0) is 0 Å². The summed E-state index contributed by atoms with van der Waals surface area (Å²) in [5, 5.41) is 6.98. The van der Waals surface area contributed by atoms with Crippen molar-refractivity contribution in [2.24, 2.45) is 0 Å². The average Bonchev–Trinajstić information content (AvgIpc) is 1.59. The van der Waals surface area contributed by atoms with Gasteiger partial charge in [-0.15, -0.1) is 0 Å². The van der Waals surface area contributed by atoms with Gasteiger partial charge in [0.1, 0.15) is 97.4 Å². The van der Waals surface area contributed by atoms with E-state index in [4.69, 9.17) is 67.5 Å². The van der Waals surface area contributed by atoms with E-state index < -0.39 is 5.82 Å². The fourth-order valence-electron chi connectivity index (χ4n) is 17.1. The highest BCUT2D eigenvalue weighted by Crippen LogP contribution is 2.46. The number of methoxy groups -OCH3 is 1. The van der Waals surface area contributed by atoms with Crippen molar-refractivity contribution in [3.63, 3.8) is 0 Å². The maximum atomic E-state index is 15.8. The lowest BCUT2D eigenvalue weighted by molar-refractivity contribution is 0.396. The molecule has 26 heteroatoms. The van der Waals surface area contributed by atoms with Gasteiger partial charge < -0.3 is 27.7 Å². The summed E-state index contributed by atoms with van der Waals surface area (Å²) in [7, 11) is 1.63. The molecule has 4 aliphatic carbocycles.